The summed E-state index contributed by atoms with van der Waals surface area (Å²) in [7, 11) is -3.21. The van der Waals surface area contributed by atoms with Crippen molar-refractivity contribution in [3.63, 3.8) is 0 Å². The molecule has 0 radical (unpaired) electrons. The van der Waals surface area contributed by atoms with Gasteiger partial charge in [0.1, 0.15) is 9.09 Å². The van der Waals surface area contributed by atoms with E-state index in [-0.39, 0.29) is 12.2 Å². The lowest BCUT2D eigenvalue weighted by Gasteiger charge is -2.13. The lowest BCUT2D eigenvalue weighted by molar-refractivity contribution is 0.0521. The number of fused-ring (bicyclic) bond motifs is 1. The molecule has 1 aliphatic rings. The Hall–Kier alpha value is -1.51. The summed E-state index contributed by atoms with van der Waals surface area (Å²) in [6.45, 7) is 0. The third-order valence-electron chi connectivity index (χ3n) is 2.79. The second-order valence-electron chi connectivity index (χ2n) is 4.08. The number of thiophene rings is 2. The van der Waals surface area contributed by atoms with Gasteiger partial charge in [-0.2, -0.15) is 0 Å². The standard InChI is InChI=1S/C12H9NO4S3/c14-11(10-2-1-5-18-10)17-13-9-4-7-20(15,16)12-8(9)3-6-19-12/h1-3,5-6H,4,7H2. The summed E-state index contributed by atoms with van der Waals surface area (Å²) in [5, 5.41) is 7.30. The van der Waals surface area contributed by atoms with Crippen molar-refractivity contribution in [1.29, 1.82) is 0 Å². The van der Waals surface area contributed by atoms with Gasteiger partial charge in [0, 0.05) is 12.0 Å². The van der Waals surface area contributed by atoms with Crippen molar-refractivity contribution < 1.29 is 18.0 Å². The van der Waals surface area contributed by atoms with E-state index >= 15 is 0 Å². The Bertz CT molecular complexity index is 771. The summed E-state index contributed by atoms with van der Waals surface area (Å²) in [4.78, 5) is 17.0. The number of carbonyl (C=O) groups excluding carboxylic acids is 1. The normalized spacial score (nSPS) is 18.7. The molecule has 0 aliphatic carbocycles. The third-order valence-corrected chi connectivity index (χ3v) is 6.92. The Labute approximate surface area is 123 Å². The van der Waals surface area contributed by atoms with Crippen LogP contribution in [0.1, 0.15) is 21.7 Å². The van der Waals surface area contributed by atoms with Crippen LogP contribution in [0.3, 0.4) is 0 Å². The number of hydrogen-bond donors (Lipinski definition) is 0. The quantitative estimate of drug-likeness (QED) is 0.628. The second-order valence-corrected chi connectivity index (χ2v) is 8.25. The zero-order valence-corrected chi connectivity index (χ0v) is 12.6. The van der Waals surface area contributed by atoms with Gasteiger partial charge in [0.15, 0.2) is 9.84 Å². The van der Waals surface area contributed by atoms with Crippen LogP contribution in [-0.4, -0.2) is 25.9 Å². The van der Waals surface area contributed by atoms with Crippen molar-refractivity contribution in [2.75, 3.05) is 5.75 Å². The molecule has 0 saturated carbocycles. The number of carbonyl (C=O) groups is 1. The minimum absolute atomic E-state index is 0.00407. The van der Waals surface area contributed by atoms with E-state index in [1.807, 2.05) is 0 Å². The van der Waals surface area contributed by atoms with Crippen LogP contribution in [0.4, 0.5) is 0 Å². The molecule has 0 fully saturated rings. The molecule has 0 amide bonds. The summed E-state index contributed by atoms with van der Waals surface area (Å²) in [5.41, 5.74) is 1.04. The van der Waals surface area contributed by atoms with E-state index in [0.717, 1.165) is 11.3 Å². The van der Waals surface area contributed by atoms with E-state index in [0.29, 0.717) is 20.4 Å². The molecule has 104 valence electrons. The van der Waals surface area contributed by atoms with Crippen molar-refractivity contribution in [3.8, 4) is 0 Å². The first-order valence-electron chi connectivity index (χ1n) is 5.70. The van der Waals surface area contributed by atoms with Crippen molar-refractivity contribution in [2.24, 2.45) is 5.16 Å². The smallest absolute Gasteiger partial charge is 0.312 e. The van der Waals surface area contributed by atoms with Crippen LogP contribution in [-0.2, 0) is 14.7 Å². The molecule has 8 heteroatoms. The van der Waals surface area contributed by atoms with Gasteiger partial charge in [-0.1, -0.05) is 11.2 Å². The first-order chi connectivity index (χ1) is 9.58. The van der Waals surface area contributed by atoms with E-state index in [1.165, 1.54) is 11.3 Å². The largest absolute Gasteiger partial charge is 0.375 e. The molecule has 3 heterocycles. The predicted molar refractivity (Wildman–Crippen MR) is 77.3 cm³/mol. The van der Waals surface area contributed by atoms with Crippen LogP contribution in [0.15, 0.2) is 38.3 Å². The van der Waals surface area contributed by atoms with Gasteiger partial charge in [-0.3, -0.25) is 0 Å². The SMILES string of the molecule is O=C(ON=C1CCS(=O)(=O)c2sccc21)c1cccs1. The van der Waals surface area contributed by atoms with Gasteiger partial charge in [-0.25, -0.2) is 13.2 Å². The first kappa shape index (κ1) is 13.5. The third kappa shape index (κ3) is 2.41. The van der Waals surface area contributed by atoms with E-state index in [4.69, 9.17) is 4.84 Å². The summed E-state index contributed by atoms with van der Waals surface area (Å²) >= 11 is 2.43. The maximum atomic E-state index is 11.9. The molecule has 2 aromatic heterocycles. The maximum absolute atomic E-state index is 11.9. The number of nitrogens with zero attached hydrogens (tertiary/aromatic N) is 1. The van der Waals surface area contributed by atoms with Crippen LogP contribution in [0.5, 0.6) is 0 Å². The molecular formula is C12H9NO4S3. The van der Waals surface area contributed by atoms with Crippen LogP contribution < -0.4 is 0 Å². The Morgan fingerprint density at radius 3 is 2.85 bits per heavy atom. The number of hydrogen-bond acceptors (Lipinski definition) is 7. The van der Waals surface area contributed by atoms with Crippen molar-refractivity contribution in [3.05, 3.63) is 39.4 Å². The highest BCUT2D eigenvalue weighted by Crippen LogP contribution is 2.30. The molecule has 2 aromatic rings. The Balaban J connectivity index is 1.86. The average molecular weight is 327 g/mol. The van der Waals surface area contributed by atoms with E-state index in [9.17, 15) is 13.2 Å². The molecule has 3 rings (SSSR count). The van der Waals surface area contributed by atoms with Crippen molar-refractivity contribution >= 4 is 44.2 Å². The average Bonchev–Trinajstić information content (AvgIpc) is 3.09. The monoisotopic (exact) mass is 327 g/mol. The molecule has 0 bridgehead atoms. The molecule has 0 N–H and O–H groups in total. The minimum atomic E-state index is -3.21. The fourth-order valence-corrected chi connectivity index (χ4v) is 5.25. The van der Waals surface area contributed by atoms with Gasteiger partial charge < -0.3 is 4.84 Å². The van der Waals surface area contributed by atoms with Crippen LogP contribution in [0, 0.1) is 0 Å². The van der Waals surface area contributed by atoms with Crippen LogP contribution in [0.2, 0.25) is 0 Å². The van der Waals surface area contributed by atoms with Gasteiger partial charge in [0.25, 0.3) is 0 Å². The Morgan fingerprint density at radius 1 is 1.25 bits per heavy atom. The summed E-state index contributed by atoms with van der Waals surface area (Å²) in [6.07, 6.45) is 0.254. The lowest BCUT2D eigenvalue weighted by Crippen LogP contribution is -2.20. The van der Waals surface area contributed by atoms with Crippen LogP contribution >= 0.6 is 22.7 Å². The molecule has 0 spiro atoms. The Morgan fingerprint density at radius 2 is 2.10 bits per heavy atom. The molecule has 0 unspecified atom stereocenters. The second kappa shape index (κ2) is 5.12. The summed E-state index contributed by atoms with van der Waals surface area (Å²) in [6, 6.07) is 5.08. The van der Waals surface area contributed by atoms with E-state index in [2.05, 4.69) is 5.16 Å². The minimum Gasteiger partial charge on any atom is -0.312 e. The zero-order chi connectivity index (χ0) is 14.2. The molecule has 20 heavy (non-hydrogen) atoms. The zero-order valence-electron chi connectivity index (χ0n) is 10.1. The molecule has 0 atom stereocenters. The number of sulfone groups is 1. The molecule has 1 aliphatic heterocycles. The number of oxime groups is 1. The predicted octanol–water partition coefficient (Wildman–Crippen LogP) is 2.55. The highest BCUT2D eigenvalue weighted by molar-refractivity contribution is 7.93. The van der Waals surface area contributed by atoms with Gasteiger partial charge in [0.2, 0.25) is 0 Å². The summed E-state index contributed by atoms with van der Waals surface area (Å²) < 4.78 is 24.0. The molecule has 5 nitrogen and oxygen atoms in total. The highest BCUT2D eigenvalue weighted by atomic mass is 32.2. The fourth-order valence-electron chi connectivity index (χ4n) is 1.84. The fraction of sp³-hybridized carbons (Fsp3) is 0.167. The van der Waals surface area contributed by atoms with Crippen molar-refractivity contribution in [2.45, 2.75) is 10.6 Å². The lowest BCUT2D eigenvalue weighted by atomic mass is 10.1. The molecule has 0 saturated heterocycles. The van der Waals surface area contributed by atoms with Crippen LogP contribution in [0.25, 0.3) is 0 Å². The van der Waals surface area contributed by atoms with E-state index < -0.39 is 15.8 Å². The number of rotatable bonds is 2. The highest BCUT2D eigenvalue weighted by Gasteiger charge is 2.29. The van der Waals surface area contributed by atoms with Gasteiger partial charge in [-0.15, -0.1) is 22.7 Å². The van der Waals surface area contributed by atoms with Gasteiger partial charge >= 0.3 is 5.97 Å². The Kier molecular flexibility index (Phi) is 3.45. The first-order valence-corrected chi connectivity index (χ1v) is 9.11. The molecular weight excluding hydrogens is 318 g/mol. The van der Waals surface area contributed by atoms with E-state index in [1.54, 1.807) is 29.0 Å². The van der Waals surface area contributed by atoms with Crippen molar-refractivity contribution in [1.82, 2.24) is 0 Å². The van der Waals surface area contributed by atoms with Gasteiger partial charge in [-0.05, 0) is 22.9 Å². The topological polar surface area (TPSA) is 72.8 Å². The molecule has 0 aromatic carbocycles. The van der Waals surface area contributed by atoms with Gasteiger partial charge in [0.05, 0.1) is 11.5 Å². The maximum Gasteiger partial charge on any atom is 0.375 e. The summed E-state index contributed by atoms with van der Waals surface area (Å²) in [5.74, 6) is -0.534.